The van der Waals surface area contributed by atoms with Crippen LogP contribution in [0.5, 0.6) is 0 Å². The number of hydrogen-bond donors (Lipinski definition) is 0. The van der Waals surface area contributed by atoms with Crippen molar-refractivity contribution in [3.63, 3.8) is 0 Å². The second-order valence-electron chi connectivity index (χ2n) is 9.06. The van der Waals surface area contributed by atoms with Gasteiger partial charge in [0.15, 0.2) is 0 Å². The molecule has 1 atom stereocenters. The minimum absolute atomic E-state index is 0.0105. The van der Waals surface area contributed by atoms with Gasteiger partial charge in [0.05, 0.1) is 6.04 Å². The Labute approximate surface area is 189 Å². The summed E-state index contributed by atoms with van der Waals surface area (Å²) in [4.78, 5) is 30.7. The second-order valence-corrected chi connectivity index (χ2v) is 9.06. The van der Waals surface area contributed by atoms with Gasteiger partial charge in [0.2, 0.25) is 5.91 Å². The van der Waals surface area contributed by atoms with E-state index in [0.717, 1.165) is 36.2 Å². The number of fused-ring (bicyclic) bond motifs is 1. The lowest BCUT2D eigenvalue weighted by atomic mass is 9.98. The van der Waals surface area contributed by atoms with E-state index in [9.17, 15) is 9.59 Å². The highest BCUT2D eigenvalue weighted by molar-refractivity contribution is 5.97. The Morgan fingerprint density at radius 1 is 0.938 bits per heavy atom. The maximum atomic E-state index is 13.7. The molecule has 0 radical (unpaired) electrons. The molecule has 3 aromatic rings. The van der Waals surface area contributed by atoms with Crippen LogP contribution in [0.4, 0.5) is 0 Å². The number of benzene rings is 2. The monoisotopic (exact) mass is 427 g/mol. The molecule has 1 aliphatic carbocycles. The van der Waals surface area contributed by atoms with Crippen LogP contribution in [0.15, 0.2) is 66.9 Å². The zero-order chi connectivity index (χ0) is 22.2. The summed E-state index contributed by atoms with van der Waals surface area (Å²) in [6.45, 7) is 5.61. The SMILES string of the molecule is Cc1ccc(C(=O)N(CC(=O)N2CCn3cccc3[C@H]2c2cccc(C)c2)C2CC2)cc1. The van der Waals surface area contributed by atoms with Gasteiger partial charge in [-0.15, -0.1) is 0 Å². The van der Waals surface area contributed by atoms with E-state index in [0.29, 0.717) is 12.1 Å². The molecular formula is C27H29N3O2. The maximum absolute atomic E-state index is 13.7. The molecule has 0 saturated heterocycles. The molecule has 0 N–H and O–H groups in total. The molecule has 5 heteroatoms. The van der Waals surface area contributed by atoms with Crippen molar-refractivity contribution in [1.29, 1.82) is 0 Å². The molecule has 32 heavy (non-hydrogen) atoms. The summed E-state index contributed by atoms with van der Waals surface area (Å²) in [5.74, 6) is -0.0374. The van der Waals surface area contributed by atoms with Crippen LogP contribution in [0.1, 0.15) is 51.6 Å². The van der Waals surface area contributed by atoms with E-state index in [1.165, 1.54) is 5.56 Å². The molecule has 1 aliphatic heterocycles. The predicted octanol–water partition coefficient (Wildman–Crippen LogP) is 4.34. The fraction of sp³-hybridized carbons (Fsp3) is 0.333. The van der Waals surface area contributed by atoms with Crippen LogP contribution >= 0.6 is 0 Å². The van der Waals surface area contributed by atoms with Crippen LogP contribution in [-0.4, -0.2) is 45.3 Å². The number of carbonyl (C=O) groups is 2. The third-order valence-corrected chi connectivity index (χ3v) is 6.57. The number of nitrogens with zero attached hydrogens (tertiary/aromatic N) is 3. The Kier molecular flexibility index (Phi) is 5.33. The molecule has 0 unspecified atom stereocenters. The van der Waals surface area contributed by atoms with Crippen molar-refractivity contribution < 1.29 is 9.59 Å². The van der Waals surface area contributed by atoms with E-state index < -0.39 is 0 Å². The molecule has 5 rings (SSSR count). The van der Waals surface area contributed by atoms with E-state index in [1.54, 1.807) is 4.90 Å². The van der Waals surface area contributed by atoms with E-state index in [4.69, 9.17) is 0 Å². The zero-order valence-electron chi connectivity index (χ0n) is 18.7. The second kappa shape index (κ2) is 8.30. The highest BCUT2D eigenvalue weighted by Crippen LogP contribution is 2.34. The average molecular weight is 428 g/mol. The van der Waals surface area contributed by atoms with Crippen molar-refractivity contribution in [2.45, 2.75) is 45.3 Å². The molecule has 5 nitrogen and oxygen atoms in total. The van der Waals surface area contributed by atoms with E-state index in [2.05, 4.69) is 42.0 Å². The normalized spacial score (nSPS) is 17.7. The van der Waals surface area contributed by atoms with Gasteiger partial charge in [-0.25, -0.2) is 0 Å². The molecular weight excluding hydrogens is 398 g/mol. The van der Waals surface area contributed by atoms with Gasteiger partial charge in [0.1, 0.15) is 6.54 Å². The van der Waals surface area contributed by atoms with Gasteiger partial charge in [-0.1, -0.05) is 47.5 Å². The van der Waals surface area contributed by atoms with Crippen molar-refractivity contribution in [1.82, 2.24) is 14.4 Å². The lowest BCUT2D eigenvalue weighted by molar-refractivity contribution is -0.134. The first-order valence-electron chi connectivity index (χ1n) is 11.4. The van der Waals surface area contributed by atoms with Crippen LogP contribution in [0, 0.1) is 13.8 Å². The first-order valence-corrected chi connectivity index (χ1v) is 11.4. The summed E-state index contributed by atoms with van der Waals surface area (Å²) in [6, 6.07) is 20.2. The molecule has 2 heterocycles. The Morgan fingerprint density at radius 3 is 2.44 bits per heavy atom. The smallest absolute Gasteiger partial charge is 0.254 e. The summed E-state index contributed by atoms with van der Waals surface area (Å²) in [6.07, 6.45) is 4.02. The van der Waals surface area contributed by atoms with Crippen molar-refractivity contribution in [3.8, 4) is 0 Å². The van der Waals surface area contributed by atoms with Crippen molar-refractivity contribution >= 4 is 11.8 Å². The van der Waals surface area contributed by atoms with Crippen LogP contribution in [-0.2, 0) is 11.3 Å². The number of carbonyl (C=O) groups excluding carboxylic acids is 2. The van der Waals surface area contributed by atoms with Crippen LogP contribution in [0.2, 0.25) is 0 Å². The van der Waals surface area contributed by atoms with Crippen LogP contribution < -0.4 is 0 Å². The standard InChI is InChI=1S/C27H29N3O2/c1-19-8-10-21(11-9-19)27(32)30(23-12-13-23)18-25(31)29-16-15-28-14-4-7-24(28)26(29)22-6-3-5-20(2)17-22/h3-11,14,17,23,26H,12-13,15-16,18H2,1-2H3/t26-/m1/s1. The van der Waals surface area contributed by atoms with Crippen molar-refractivity contribution in [2.24, 2.45) is 0 Å². The molecule has 1 fully saturated rings. The van der Waals surface area contributed by atoms with Gasteiger partial charge in [-0.05, 0) is 56.5 Å². The fourth-order valence-corrected chi connectivity index (χ4v) is 4.69. The Hall–Kier alpha value is -3.34. The molecule has 2 aliphatic rings. The molecule has 2 aromatic carbocycles. The number of rotatable bonds is 5. The third kappa shape index (κ3) is 3.95. The molecule has 2 amide bonds. The molecule has 0 bridgehead atoms. The van der Waals surface area contributed by atoms with E-state index >= 15 is 0 Å². The predicted molar refractivity (Wildman–Crippen MR) is 124 cm³/mol. The van der Waals surface area contributed by atoms with Crippen molar-refractivity contribution in [2.75, 3.05) is 13.1 Å². The third-order valence-electron chi connectivity index (χ3n) is 6.57. The van der Waals surface area contributed by atoms with Gasteiger partial charge in [0.25, 0.3) is 5.91 Å². The lowest BCUT2D eigenvalue weighted by Gasteiger charge is -2.38. The Bertz CT molecular complexity index is 1140. The van der Waals surface area contributed by atoms with Crippen LogP contribution in [0.25, 0.3) is 0 Å². The molecule has 0 spiro atoms. The highest BCUT2D eigenvalue weighted by atomic mass is 16.2. The largest absolute Gasteiger partial charge is 0.348 e. The van der Waals surface area contributed by atoms with Gasteiger partial charge in [-0.3, -0.25) is 9.59 Å². The fourth-order valence-electron chi connectivity index (χ4n) is 4.69. The minimum Gasteiger partial charge on any atom is -0.348 e. The summed E-state index contributed by atoms with van der Waals surface area (Å²) >= 11 is 0. The highest BCUT2D eigenvalue weighted by Gasteiger charge is 2.38. The van der Waals surface area contributed by atoms with Gasteiger partial charge >= 0.3 is 0 Å². The summed E-state index contributed by atoms with van der Waals surface area (Å²) in [5.41, 5.74) is 5.18. The van der Waals surface area contributed by atoms with E-state index in [-0.39, 0.29) is 30.4 Å². The molecule has 164 valence electrons. The zero-order valence-corrected chi connectivity index (χ0v) is 18.7. The first-order chi connectivity index (χ1) is 15.5. The summed E-state index contributed by atoms with van der Waals surface area (Å²) in [5, 5.41) is 0. The van der Waals surface area contributed by atoms with Gasteiger partial charge in [-0.2, -0.15) is 0 Å². The topological polar surface area (TPSA) is 45.6 Å². The first kappa shape index (κ1) is 20.6. The number of aromatic nitrogens is 1. The number of amides is 2. The van der Waals surface area contributed by atoms with Gasteiger partial charge < -0.3 is 14.4 Å². The quantitative estimate of drug-likeness (QED) is 0.608. The Balaban J connectivity index is 1.43. The van der Waals surface area contributed by atoms with Gasteiger partial charge in [0, 0.05) is 36.6 Å². The number of hydrogen-bond acceptors (Lipinski definition) is 2. The molecule has 1 saturated carbocycles. The minimum atomic E-state index is -0.137. The van der Waals surface area contributed by atoms with Crippen molar-refractivity contribution in [3.05, 3.63) is 94.8 Å². The van der Waals surface area contributed by atoms with E-state index in [1.807, 2.05) is 48.2 Å². The maximum Gasteiger partial charge on any atom is 0.254 e. The summed E-state index contributed by atoms with van der Waals surface area (Å²) in [7, 11) is 0. The van der Waals surface area contributed by atoms with Crippen LogP contribution in [0.3, 0.4) is 0 Å². The average Bonchev–Trinajstić information content (AvgIpc) is 3.52. The summed E-state index contributed by atoms with van der Waals surface area (Å²) < 4.78 is 2.23. The Morgan fingerprint density at radius 2 is 1.72 bits per heavy atom. The lowest BCUT2D eigenvalue weighted by Crippen LogP contribution is -2.48. The number of aryl methyl sites for hydroxylation is 2. The molecule has 1 aromatic heterocycles.